The maximum absolute atomic E-state index is 11.8. The molecular formula is C13H18N2O3. The number of carbonyl (C=O) groups is 1. The highest BCUT2D eigenvalue weighted by Crippen LogP contribution is 2.22. The number of methoxy groups -OCH3 is 1. The van der Waals surface area contributed by atoms with E-state index < -0.39 is 0 Å². The predicted molar refractivity (Wildman–Crippen MR) is 68.9 cm³/mol. The number of hydrogen-bond donors (Lipinski definition) is 2. The van der Waals surface area contributed by atoms with Crippen molar-refractivity contribution in [2.45, 2.75) is 12.5 Å². The highest BCUT2D eigenvalue weighted by molar-refractivity contribution is 5.93. The van der Waals surface area contributed by atoms with Crippen LogP contribution in [0.15, 0.2) is 24.3 Å². The van der Waals surface area contributed by atoms with E-state index in [1.54, 1.807) is 7.11 Å². The Bertz CT molecular complexity index is 403. The van der Waals surface area contributed by atoms with Crippen LogP contribution in [0.1, 0.15) is 6.42 Å². The first-order valence-electron chi connectivity index (χ1n) is 6.03. The van der Waals surface area contributed by atoms with Crippen molar-refractivity contribution >= 4 is 11.6 Å². The lowest BCUT2D eigenvalue weighted by Crippen LogP contribution is -2.36. The van der Waals surface area contributed by atoms with E-state index in [4.69, 9.17) is 9.47 Å². The van der Waals surface area contributed by atoms with Gasteiger partial charge in [0, 0.05) is 12.6 Å². The van der Waals surface area contributed by atoms with Crippen LogP contribution in [0.4, 0.5) is 5.69 Å². The Balaban J connectivity index is 1.82. The SMILES string of the molecule is COc1ccccc1NC(=O)CNC1CCOC1. The minimum absolute atomic E-state index is 0.0774. The first-order valence-corrected chi connectivity index (χ1v) is 6.03. The molecule has 0 saturated carbocycles. The molecule has 1 aromatic rings. The normalized spacial score (nSPS) is 18.6. The number of ether oxygens (including phenoxy) is 2. The largest absolute Gasteiger partial charge is 0.495 e. The molecule has 2 N–H and O–H groups in total. The number of nitrogens with one attached hydrogen (secondary N) is 2. The molecule has 0 spiro atoms. The molecule has 1 aromatic carbocycles. The molecule has 1 amide bonds. The lowest BCUT2D eigenvalue weighted by atomic mass is 10.2. The van der Waals surface area contributed by atoms with Crippen molar-refractivity contribution in [3.8, 4) is 5.75 Å². The van der Waals surface area contributed by atoms with Crippen molar-refractivity contribution in [3.05, 3.63) is 24.3 Å². The van der Waals surface area contributed by atoms with Crippen molar-refractivity contribution in [1.29, 1.82) is 0 Å². The number of rotatable bonds is 5. The standard InChI is InChI=1S/C13H18N2O3/c1-17-12-5-3-2-4-11(12)15-13(16)8-14-10-6-7-18-9-10/h2-5,10,14H,6-9H2,1H3,(H,15,16). The minimum Gasteiger partial charge on any atom is -0.495 e. The molecule has 1 fully saturated rings. The molecule has 1 aliphatic heterocycles. The van der Waals surface area contributed by atoms with Crippen LogP contribution in [0.25, 0.3) is 0 Å². The number of anilines is 1. The van der Waals surface area contributed by atoms with Gasteiger partial charge in [0.15, 0.2) is 0 Å². The highest BCUT2D eigenvalue weighted by Gasteiger charge is 2.16. The van der Waals surface area contributed by atoms with E-state index in [0.29, 0.717) is 18.0 Å². The van der Waals surface area contributed by atoms with E-state index in [1.807, 2.05) is 24.3 Å². The molecule has 0 aliphatic carbocycles. The Morgan fingerprint density at radius 1 is 1.50 bits per heavy atom. The third-order valence-corrected chi connectivity index (χ3v) is 2.86. The molecule has 98 valence electrons. The number of hydrogen-bond acceptors (Lipinski definition) is 4. The highest BCUT2D eigenvalue weighted by atomic mass is 16.5. The van der Waals surface area contributed by atoms with Crippen LogP contribution in [0.5, 0.6) is 5.75 Å². The Kier molecular flexibility index (Phi) is 4.55. The summed E-state index contributed by atoms with van der Waals surface area (Å²) in [6, 6.07) is 7.64. The average Bonchev–Trinajstić information content (AvgIpc) is 2.90. The van der Waals surface area contributed by atoms with Gasteiger partial charge in [-0.2, -0.15) is 0 Å². The molecule has 1 saturated heterocycles. The van der Waals surface area contributed by atoms with Gasteiger partial charge in [0.25, 0.3) is 0 Å². The molecule has 1 unspecified atom stereocenters. The maximum Gasteiger partial charge on any atom is 0.238 e. The molecule has 5 heteroatoms. The first kappa shape index (κ1) is 12.9. The molecule has 1 heterocycles. The van der Waals surface area contributed by atoms with Crippen molar-refractivity contribution in [2.75, 3.05) is 32.2 Å². The van der Waals surface area contributed by atoms with Crippen molar-refractivity contribution in [2.24, 2.45) is 0 Å². The third kappa shape index (κ3) is 3.45. The summed E-state index contributed by atoms with van der Waals surface area (Å²) in [7, 11) is 1.58. The van der Waals surface area contributed by atoms with Gasteiger partial charge in [-0.05, 0) is 18.6 Å². The van der Waals surface area contributed by atoms with Crippen LogP contribution >= 0.6 is 0 Å². The predicted octanol–water partition coefficient (Wildman–Crippen LogP) is 1.01. The second-order valence-corrected chi connectivity index (χ2v) is 4.19. The molecule has 5 nitrogen and oxygen atoms in total. The van der Waals surface area contributed by atoms with E-state index >= 15 is 0 Å². The summed E-state index contributed by atoms with van der Waals surface area (Å²) in [5, 5.41) is 5.98. The van der Waals surface area contributed by atoms with E-state index in [0.717, 1.165) is 13.0 Å². The molecule has 0 aromatic heterocycles. The smallest absolute Gasteiger partial charge is 0.238 e. The number of para-hydroxylation sites is 2. The van der Waals surface area contributed by atoms with E-state index in [1.165, 1.54) is 0 Å². The zero-order valence-corrected chi connectivity index (χ0v) is 10.4. The van der Waals surface area contributed by atoms with Crippen LogP contribution in [0.3, 0.4) is 0 Å². The summed E-state index contributed by atoms with van der Waals surface area (Å²) < 4.78 is 10.4. The van der Waals surface area contributed by atoms with Crippen molar-refractivity contribution < 1.29 is 14.3 Å². The van der Waals surface area contributed by atoms with E-state index in [9.17, 15) is 4.79 Å². The van der Waals surface area contributed by atoms with Crippen LogP contribution in [-0.4, -0.2) is 38.8 Å². The molecule has 0 bridgehead atoms. The fourth-order valence-corrected chi connectivity index (χ4v) is 1.87. The Morgan fingerprint density at radius 2 is 2.33 bits per heavy atom. The van der Waals surface area contributed by atoms with Gasteiger partial charge in [0.1, 0.15) is 5.75 Å². The monoisotopic (exact) mass is 250 g/mol. The van der Waals surface area contributed by atoms with Gasteiger partial charge in [0.05, 0.1) is 25.9 Å². The van der Waals surface area contributed by atoms with Crippen LogP contribution in [0, 0.1) is 0 Å². The molecular weight excluding hydrogens is 232 g/mol. The quantitative estimate of drug-likeness (QED) is 0.819. The fourth-order valence-electron chi connectivity index (χ4n) is 1.87. The minimum atomic E-state index is -0.0774. The molecule has 1 atom stereocenters. The summed E-state index contributed by atoms with van der Waals surface area (Å²) in [5.74, 6) is 0.585. The summed E-state index contributed by atoms with van der Waals surface area (Å²) >= 11 is 0. The van der Waals surface area contributed by atoms with Gasteiger partial charge >= 0.3 is 0 Å². The van der Waals surface area contributed by atoms with E-state index in [-0.39, 0.29) is 18.5 Å². The Labute approximate surface area is 106 Å². The summed E-state index contributed by atoms with van der Waals surface area (Å²) in [4.78, 5) is 11.8. The zero-order chi connectivity index (χ0) is 12.8. The van der Waals surface area contributed by atoms with Crippen molar-refractivity contribution in [1.82, 2.24) is 5.32 Å². The lowest BCUT2D eigenvalue weighted by Gasteiger charge is -2.12. The van der Waals surface area contributed by atoms with Gasteiger partial charge in [-0.15, -0.1) is 0 Å². The van der Waals surface area contributed by atoms with E-state index in [2.05, 4.69) is 10.6 Å². The van der Waals surface area contributed by atoms with Gasteiger partial charge in [-0.3, -0.25) is 4.79 Å². The lowest BCUT2D eigenvalue weighted by molar-refractivity contribution is -0.115. The van der Waals surface area contributed by atoms with Crippen LogP contribution in [-0.2, 0) is 9.53 Å². The molecule has 0 radical (unpaired) electrons. The Hall–Kier alpha value is -1.59. The second-order valence-electron chi connectivity index (χ2n) is 4.19. The molecule has 18 heavy (non-hydrogen) atoms. The summed E-state index contributed by atoms with van der Waals surface area (Å²) in [6.45, 7) is 1.74. The number of amides is 1. The van der Waals surface area contributed by atoms with Gasteiger partial charge in [-0.25, -0.2) is 0 Å². The number of carbonyl (C=O) groups excluding carboxylic acids is 1. The van der Waals surface area contributed by atoms with Crippen molar-refractivity contribution in [3.63, 3.8) is 0 Å². The van der Waals surface area contributed by atoms with Crippen LogP contribution < -0.4 is 15.4 Å². The zero-order valence-electron chi connectivity index (χ0n) is 10.4. The second kappa shape index (κ2) is 6.37. The van der Waals surface area contributed by atoms with Gasteiger partial charge in [0.2, 0.25) is 5.91 Å². The maximum atomic E-state index is 11.8. The molecule has 2 rings (SSSR count). The topological polar surface area (TPSA) is 59.6 Å². The fraction of sp³-hybridized carbons (Fsp3) is 0.462. The summed E-state index contributed by atoms with van der Waals surface area (Å²) in [5.41, 5.74) is 0.689. The Morgan fingerprint density at radius 3 is 3.06 bits per heavy atom. The number of benzene rings is 1. The molecule has 1 aliphatic rings. The average molecular weight is 250 g/mol. The summed E-state index contributed by atoms with van der Waals surface area (Å²) in [6.07, 6.45) is 0.960. The third-order valence-electron chi connectivity index (χ3n) is 2.86. The van der Waals surface area contributed by atoms with Gasteiger partial charge < -0.3 is 20.1 Å². The van der Waals surface area contributed by atoms with Crippen LogP contribution in [0.2, 0.25) is 0 Å². The first-order chi connectivity index (χ1) is 8.79. The van der Waals surface area contributed by atoms with Gasteiger partial charge in [-0.1, -0.05) is 12.1 Å².